The van der Waals surface area contributed by atoms with Gasteiger partial charge < -0.3 is 5.32 Å². The SMILES string of the molecule is CCn1ccn(CCNc2ccccc2Br)c1=O. The molecule has 0 fully saturated rings. The van der Waals surface area contributed by atoms with Gasteiger partial charge in [0.05, 0.1) is 0 Å². The maximum absolute atomic E-state index is 11.8. The highest BCUT2D eigenvalue weighted by Gasteiger charge is 2.01. The lowest BCUT2D eigenvalue weighted by Crippen LogP contribution is -2.25. The summed E-state index contributed by atoms with van der Waals surface area (Å²) in [6, 6.07) is 7.94. The van der Waals surface area contributed by atoms with E-state index in [2.05, 4.69) is 21.2 Å². The van der Waals surface area contributed by atoms with Crippen LogP contribution in [0.5, 0.6) is 0 Å². The molecule has 0 unspecified atom stereocenters. The molecule has 1 N–H and O–H groups in total. The summed E-state index contributed by atoms with van der Waals surface area (Å²) in [5, 5.41) is 3.30. The maximum atomic E-state index is 11.8. The molecular formula is C13H16BrN3O. The Labute approximate surface area is 114 Å². The first kappa shape index (κ1) is 13.0. The van der Waals surface area contributed by atoms with Gasteiger partial charge in [-0.1, -0.05) is 12.1 Å². The van der Waals surface area contributed by atoms with E-state index >= 15 is 0 Å². The fourth-order valence-corrected chi connectivity index (χ4v) is 2.20. The van der Waals surface area contributed by atoms with Crippen LogP contribution >= 0.6 is 15.9 Å². The summed E-state index contributed by atoms with van der Waals surface area (Å²) in [7, 11) is 0. The Morgan fingerprint density at radius 2 is 1.94 bits per heavy atom. The molecule has 18 heavy (non-hydrogen) atoms. The van der Waals surface area contributed by atoms with Gasteiger partial charge in [0, 0.05) is 42.2 Å². The molecular weight excluding hydrogens is 294 g/mol. The number of imidazole rings is 1. The molecule has 0 saturated heterocycles. The fourth-order valence-electron chi connectivity index (χ4n) is 1.78. The van der Waals surface area contributed by atoms with Crippen LogP contribution in [0.3, 0.4) is 0 Å². The first-order chi connectivity index (χ1) is 8.72. The van der Waals surface area contributed by atoms with Crippen molar-refractivity contribution < 1.29 is 0 Å². The molecule has 96 valence electrons. The minimum Gasteiger partial charge on any atom is -0.382 e. The number of nitrogens with one attached hydrogen (secondary N) is 1. The lowest BCUT2D eigenvalue weighted by molar-refractivity contribution is 0.642. The first-order valence-corrected chi connectivity index (χ1v) is 6.75. The highest BCUT2D eigenvalue weighted by molar-refractivity contribution is 9.10. The molecule has 0 aliphatic heterocycles. The molecule has 2 rings (SSSR count). The van der Waals surface area contributed by atoms with Crippen molar-refractivity contribution >= 4 is 21.6 Å². The van der Waals surface area contributed by atoms with Gasteiger partial charge in [-0.05, 0) is 35.0 Å². The average Bonchev–Trinajstić information content (AvgIpc) is 2.73. The van der Waals surface area contributed by atoms with E-state index in [1.54, 1.807) is 9.13 Å². The van der Waals surface area contributed by atoms with Gasteiger partial charge in [0.15, 0.2) is 0 Å². The van der Waals surface area contributed by atoms with Gasteiger partial charge in [0.25, 0.3) is 0 Å². The van der Waals surface area contributed by atoms with Crippen molar-refractivity contribution in [3.63, 3.8) is 0 Å². The molecule has 0 spiro atoms. The molecule has 1 heterocycles. The normalized spacial score (nSPS) is 10.6. The Balaban J connectivity index is 1.95. The fraction of sp³-hybridized carbons (Fsp3) is 0.308. The zero-order valence-electron chi connectivity index (χ0n) is 10.3. The maximum Gasteiger partial charge on any atom is 0.328 e. The Bertz CT molecular complexity index is 574. The highest BCUT2D eigenvalue weighted by atomic mass is 79.9. The third-order valence-corrected chi connectivity index (χ3v) is 3.49. The topological polar surface area (TPSA) is 39.0 Å². The van der Waals surface area contributed by atoms with E-state index in [4.69, 9.17) is 0 Å². The van der Waals surface area contributed by atoms with E-state index in [1.807, 2.05) is 43.6 Å². The Hall–Kier alpha value is -1.49. The molecule has 1 aromatic carbocycles. The monoisotopic (exact) mass is 309 g/mol. The van der Waals surface area contributed by atoms with E-state index in [0.717, 1.165) is 16.7 Å². The van der Waals surface area contributed by atoms with E-state index in [1.165, 1.54) is 0 Å². The predicted molar refractivity (Wildman–Crippen MR) is 77.0 cm³/mol. The summed E-state index contributed by atoms with van der Waals surface area (Å²) in [5.41, 5.74) is 1.09. The molecule has 2 aromatic rings. The zero-order valence-corrected chi connectivity index (χ0v) is 11.9. The van der Waals surface area contributed by atoms with E-state index in [-0.39, 0.29) is 5.69 Å². The standard InChI is InChI=1S/C13H16BrN3O/c1-2-16-9-10-17(13(16)18)8-7-15-12-6-4-3-5-11(12)14/h3-6,9-10,15H,2,7-8H2,1H3. The molecule has 1 aromatic heterocycles. The third-order valence-electron chi connectivity index (χ3n) is 2.80. The molecule has 0 radical (unpaired) electrons. The number of nitrogens with zero attached hydrogens (tertiary/aromatic N) is 2. The molecule has 4 nitrogen and oxygen atoms in total. The highest BCUT2D eigenvalue weighted by Crippen LogP contribution is 2.20. The van der Waals surface area contributed by atoms with Gasteiger partial charge in [-0.25, -0.2) is 4.79 Å². The number of hydrogen-bond donors (Lipinski definition) is 1. The Morgan fingerprint density at radius 3 is 2.61 bits per heavy atom. The number of para-hydroxylation sites is 1. The van der Waals surface area contributed by atoms with Crippen molar-refractivity contribution in [1.29, 1.82) is 0 Å². The number of hydrogen-bond acceptors (Lipinski definition) is 2. The summed E-state index contributed by atoms with van der Waals surface area (Å²) in [5.74, 6) is 0. The van der Waals surface area contributed by atoms with E-state index in [9.17, 15) is 4.79 Å². The van der Waals surface area contributed by atoms with Crippen molar-refractivity contribution in [2.75, 3.05) is 11.9 Å². The Morgan fingerprint density at radius 1 is 1.22 bits per heavy atom. The van der Waals surface area contributed by atoms with E-state index in [0.29, 0.717) is 13.1 Å². The van der Waals surface area contributed by atoms with Gasteiger partial charge in [0.1, 0.15) is 0 Å². The van der Waals surface area contributed by atoms with Crippen LogP contribution in [0.25, 0.3) is 0 Å². The van der Waals surface area contributed by atoms with Crippen LogP contribution in [0.15, 0.2) is 45.9 Å². The summed E-state index contributed by atoms with van der Waals surface area (Å²) < 4.78 is 4.44. The molecule has 0 aliphatic rings. The van der Waals surface area contributed by atoms with Gasteiger partial charge in [0.2, 0.25) is 0 Å². The van der Waals surface area contributed by atoms with Gasteiger partial charge >= 0.3 is 5.69 Å². The summed E-state index contributed by atoms with van der Waals surface area (Å²) in [4.78, 5) is 11.8. The van der Waals surface area contributed by atoms with Crippen LogP contribution in [0.1, 0.15) is 6.92 Å². The molecule has 0 saturated carbocycles. The van der Waals surface area contributed by atoms with Gasteiger partial charge in [-0.2, -0.15) is 0 Å². The molecule has 0 aliphatic carbocycles. The number of rotatable bonds is 5. The lowest BCUT2D eigenvalue weighted by atomic mass is 10.3. The second kappa shape index (κ2) is 5.91. The second-order valence-corrected chi connectivity index (χ2v) is 4.82. The summed E-state index contributed by atoms with van der Waals surface area (Å²) in [6.07, 6.45) is 3.65. The number of aryl methyl sites for hydroxylation is 1. The number of benzene rings is 1. The summed E-state index contributed by atoms with van der Waals surface area (Å²) >= 11 is 3.48. The smallest absolute Gasteiger partial charge is 0.328 e. The minimum absolute atomic E-state index is 0.0476. The zero-order chi connectivity index (χ0) is 13.0. The van der Waals surface area contributed by atoms with Crippen LogP contribution in [0.4, 0.5) is 5.69 Å². The summed E-state index contributed by atoms with van der Waals surface area (Å²) in [6.45, 7) is 4.05. The van der Waals surface area contributed by atoms with Gasteiger partial charge in [-0.15, -0.1) is 0 Å². The predicted octanol–water partition coefficient (Wildman–Crippen LogP) is 2.54. The van der Waals surface area contributed by atoms with Crippen LogP contribution in [-0.2, 0) is 13.1 Å². The number of anilines is 1. The molecule has 0 atom stereocenters. The van der Waals surface area contributed by atoms with Crippen LogP contribution in [0.2, 0.25) is 0 Å². The van der Waals surface area contributed by atoms with Crippen molar-refractivity contribution in [3.8, 4) is 0 Å². The third kappa shape index (κ3) is 2.85. The largest absolute Gasteiger partial charge is 0.382 e. The van der Waals surface area contributed by atoms with Crippen LogP contribution in [-0.4, -0.2) is 15.7 Å². The second-order valence-electron chi connectivity index (χ2n) is 3.97. The molecule has 0 amide bonds. The number of halogens is 1. The van der Waals surface area contributed by atoms with Crippen molar-refractivity contribution in [2.24, 2.45) is 0 Å². The molecule has 5 heteroatoms. The van der Waals surface area contributed by atoms with Crippen molar-refractivity contribution in [2.45, 2.75) is 20.0 Å². The quantitative estimate of drug-likeness (QED) is 0.922. The lowest BCUT2D eigenvalue weighted by Gasteiger charge is -2.08. The first-order valence-electron chi connectivity index (χ1n) is 5.96. The number of aromatic nitrogens is 2. The minimum atomic E-state index is 0.0476. The van der Waals surface area contributed by atoms with Crippen molar-refractivity contribution in [3.05, 3.63) is 51.6 Å². The van der Waals surface area contributed by atoms with Crippen LogP contribution < -0.4 is 11.0 Å². The van der Waals surface area contributed by atoms with Crippen LogP contribution in [0, 0.1) is 0 Å². The molecule has 0 bridgehead atoms. The Kier molecular flexibility index (Phi) is 4.25. The van der Waals surface area contributed by atoms with Gasteiger partial charge in [-0.3, -0.25) is 9.13 Å². The van der Waals surface area contributed by atoms with E-state index < -0.39 is 0 Å². The van der Waals surface area contributed by atoms with Crippen molar-refractivity contribution in [1.82, 2.24) is 9.13 Å². The average molecular weight is 310 g/mol.